The molecule has 0 aliphatic carbocycles. The molecule has 0 fully saturated rings. The molecule has 0 unspecified atom stereocenters. The monoisotopic (exact) mass is 324 g/mol. The second kappa shape index (κ2) is 5.97. The van der Waals surface area contributed by atoms with Crippen LogP contribution < -0.4 is 5.32 Å². The molecule has 0 saturated carbocycles. The van der Waals surface area contributed by atoms with Crippen molar-refractivity contribution in [3.8, 4) is 0 Å². The standard InChI is InChI=1S/C12H6F6N2O2/c1-19-8(9(21)12(16,17)18)10(22)20-7-4-2-6(3-5-7)11(13,14)15/h2-5,21H,(H,20,22)/b9-8-. The van der Waals surface area contributed by atoms with Gasteiger partial charge >= 0.3 is 12.4 Å². The average molecular weight is 324 g/mol. The summed E-state index contributed by atoms with van der Waals surface area (Å²) < 4.78 is 73.6. The molecule has 1 rings (SSSR count). The number of carbonyl (C=O) groups is 1. The van der Waals surface area contributed by atoms with Gasteiger partial charge in [-0.1, -0.05) is 0 Å². The number of allylic oxidation sites excluding steroid dienone is 1. The fourth-order valence-corrected chi connectivity index (χ4v) is 1.28. The van der Waals surface area contributed by atoms with Crippen LogP contribution in [0.3, 0.4) is 0 Å². The smallest absolute Gasteiger partial charge is 0.438 e. The van der Waals surface area contributed by atoms with Gasteiger partial charge in [0.1, 0.15) is 0 Å². The minimum absolute atomic E-state index is 0.269. The van der Waals surface area contributed by atoms with Gasteiger partial charge in [-0.15, -0.1) is 0 Å². The molecule has 22 heavy (non-hydrogen) atoms. The number of nitrogens with one attached hydrogen (secondary N) is 1. The first kappa shape index (κ1) is 17.4. The number of alkyl halides is 6. The molecule has 0 aliphatic heterocycles. The van der Waals surface area contributed by atoms with Crippen molar-refractivity contribution in [2.45, 2.75) is 12.4 Å². The van der Waals surface area contributed by atoms with Crippen LogP contribution in [-0.4, -0.2) is 17.2 Å². The Balaban J connectivity index is 3.00. The van der Waals surface area contributed by atoms with E-state index >= 15 is 0 Å². The topological polar surface area (TPSA) is 53.7 Å². The van der Waals surface area contributed by atoms with E-state index in [-0.39, 0.29) is 5.69 Å². The third-order valence-corrected chi connectivity index (χ3v) is 2.29. The molecule has 0 bridgehead atoms. The van der Waals surface area contributed by atoms with E-state index in [1.807, 2.05) is 0 Å². The van der Waals surface area contributed by atoms with Crippen LogP contribution in [0.4, 0.5) is 32.0 Å². The number of amides is 1. The summed E-state index contributed by atoms with van der Waals surface area (Å²) >= 11 is 0. The Morgan fingerprint density at radius 1 is 1.09 bits per heavy atom. The fraction of sp³-hybridized carbons (Fsp3) is 0.167. The van der Waals surface area contributed by atoms with Crippen molar-refractivity contribution in [3.05, 3.63) is 52.7 Å². The zero-order valence-corrected chi connectivity index (χ0v) is 10.4. The predicted octanol–water partition coefficient (Wildman–Crippen LogP) is 3.90. The lowest BCUT2D eigenvalue weighted by atomic mass is 10.2. The molecule has 2 N–H and O–H groups in total. The van der Waals surface area contributed by atoms with E-state index in [0.717, 1.165) is 12.1 Å². The Morgan fingerprint density at radius 3 is 1.95 bits per heavy atom. The van der Waals surface area contributed by atoms with Crippen molar-refractivity contribution in [2.24, 2.45) is 0 Å². The molecule has 10 heteroatoms. The lowest BCUT2D eigenvalue weighted by molar-refractivity contribution is -0.137. The Hall–Kier alpha value is -2.70. The highest BCUT2D eigenvalue weighted by Crippen LogP contribution is 2.30. The number of aliphatic hydroxyl groups is 1. The molecule has 0 aliphatic rings. The minimum atomic E-state index is -5.29. The number of halogens is 6. The summed E-state index contributed by atoms with van der Waals surface area (Å²) in [7, 11) is 0. The first-order valence-corrected chi connectivity index (χ1v) is 5.33. The summed E-state index contributed by atoms with van der Waals surface area (Å²) in [6.45, 7) is 6.48. The maximum Gasteiger partial charge on any atom is 0.438 e. The van der Waals surface area contributed by atoms with Gasteiger partial charge in [0.25, 0.3) is 11.6 Å². The van der Waals surface area contributed by atoms with Gasteiger partial charge in [0.05, 0.1) is 12.1 Å². The highest BCUT2D eigenvalue weighted by molar-refractivity contribution is 6.05. The molecular weight excluding hydrogens is 318 g/mol. The maximum absolute atomic E-state index is 12.3. The lowest BCUT2D eigenvalue weighted by Gasteiger charge is -2.10. The Bertz CT molecular complexity index is 638. The van der Waals surface area contributed by atoms with Crippen LogP contribution in [0.2, 0.25) is 0 Å². The van der Waals surface area contributed by atoms with Gasteiger partial charge in [0, 0.05) is 5.69 Å². The first-order valence-electron chi connectivity index (χ1n) is 5.33. The number of carbonyl (C=O) groups excluding carboxylic acids is 1. The molecular formula is C12H6F6N2O2. The van der Waals surface area contributed by atoms with Crippen LogP contribution in [0.5, 0.6) is 0 Å². The average Bonchev–Trinajstić information content (AvgIpc) is 2.37. The Labute approximate surface area is 119 Å². The molecule has 1 amide bonds. The SMILES string of the molecule is [C-]#[N+]/C(C(=O)Nc1ccc(C(F)(F)F)cc1)=C(\O)C(F)(F)F. The van der Waals surface area contributed by atoms with Gasteiger partial charge in [0.15, 0.2) is 0 Å². The van der Waals surface area contributed by atoms with Crippen LogP contribution >= 0.6 is 0 Å². The largest absolute Gasteiger partial charge is 0.515 e. The van der Waals surface area contributed by atoms with Crippen LogP contribution in [0.15, 0.2) is 35.7 Å². The number of hydrogen-bond acceptors (Lipinski definition) is 2. The van der Waals surface area contributed by atoms with Crippen LogP contribution in [0, 0.1) is 6.57 Å². The zero-order chi connectivity index (χ0) is 17.1. The van der Waals surface area contributed by atoms with Gasteiger partial charge in [-0.05, 0) is 24.3 Å². The predicted molar refractivity (Wildman–Crippen MR) is 62.4 cm³/mol. The van der Waals surface area contributed by atoms with Crippen molar-refractivity contribution in [1.82, 2.24) is 0 Å². The highest BCUT2D eigenvalue weighted by atomic mass is 19.4. The van der Waals surface area contributed by atoms with Crippen molar-refractivity contribution in [3.63, 3.8) is 0 Å². The van der Waals surface area contributed by atoms with Crippen LogP contribution in [0.1, 0.15) is 5.56 Å². The zero-order valence-electron chi connectivity index (χ0n) is 10.4. The third-order valence-electron chi connectivity index (χ3n) is 2.29. The number of nitrogens with zero attached hydrogens (tertiary/aromatic N) is 1. The van der Waals surface area contributed by atoms with Crippen molar-refractivity contribution in [2.75, 3.05) is 5.32 Å². The molecule has 0 saturated heterocycles. The Morgan fingerprint density at radius 2 is 1.59 bits per heavy atom. The van der Waals surface area contributed by atoms with Gasteiger partial charge in [-0.25, -0.2) is 4.85 Å². The van der Waals surface area contributed by atoms with Gasteiger partial charge in [-0.3, -0.25) is 4.79 Å². The fourth-order valence-electron chi connectivity index (χ4n) is 1.28. The second-order valence-electron chi connectivity index (χ2n) is 3.84. The van der Waals surface area contributed by atoms with E-state index in [1.165, 1.54) is 0 Å². The van der Waals surface area contributed by atoms with Gasteiger partial charge in [-0.2, -0.15) is 26.3 Å². The molecule has 0 atom stereocenters. The highest BCUT2D eigenvalue weighted by Gasteiger charge is 2.39. The molecule has 118 valence electrons. The molecule has 1 aromatic carbocycles. The summed E-state index contributed by atoms with van der Waals surface area (Å²) in [6, 6.07) is 2.79. The number of anilines is 1. The van der Waals surface area contributed by atoms with E-state index in [9.17, 15) is 31.1 Å². The number of benzene rings is 1. The lowest BCUT2D eigenvalue weighted by Crippen LogP contribution is -2.21. The van der Waals surface area contributed by atoms with E-state index in [0.29, 0.717) is 12.1 Å². The van der Waals surface area contributed by atoms with E-state index in [2.05, 4.69) is 4.85 Å². The molecule has 0 spiro atoms. The summed E-state index contributed by atoms with van der Waals surface area (Å²) in [5.41, 5.74) is -2.91. The maximum atomic E-state index is 12.3. The molecule has 0 heterocycles. The van der Waals surface area contributed by atoms with Crippen molar-refractivity contribution in [1.29, 1.82) is 0 Å². The van der Waals surface area contributed by atoms with E-state index in [4.69, 9.17) is 11.7 Å². The van der Waals surface area contributed by atoms with Crippen molar-refractivity contribution >= 4 is 11.6 Å². The van der Waals surface area contributed by atoms with Crippen LogP contribution in [0.25, 0.3) is 4.85 Å². The van der Waals surface area contributed by atoms with Crippen LogP contribution in [-0.2, 0) is 11.0 Å². The third kappa shape index (κ3) is 4.15. The number of rotatable bonds is 2. The van der Waals surface area contributed by atoms with E-state index < -0.39 is 35.3 Å². The minimum Gasteiger partial charge on any atom is -0.515 e. The van der Waals surface area contributed by atoms with E-state index in [1.54, 1.807) is 5.32 Å². The summed E-state index contributed by atoms with van der Waals surface area (Å²) in [4.78, 5) is 13.7. The molecule has 0 aromatic heterocycles. The number of aliphatic hydroxyl groups excluding tert-OH is 1. The number of hydrogen-bond donors (Lipinski definition) is 2. The molecule has 1 aromatic rings. The summed E-state index contributed by atoms with van der Waals surface area (Å²) in [5, 5.41) is 10.6. The second-order valence-corrected chi connectivity index (χ2v) is 3.84. The van der Waals surface area contributed by atoms with Gasteiger partial charge < -0.3 is 10.4 Å². The van der Waals surface area contributed by atoms with Crippen molar-refractivity contribution < 1.29 is 36.2 Å². The molecule has 0 radical (unpaired) electrons. The summed E-state index contributed by atoms with van der Waals surface area (Å²) in [6.07, 6.45) is -9.91. The summed E-state index contributed by atoms with van der Waals surface area (Å²) in [5.74, 6) is -3.98. The Kier molecular flexibility index (Phi) is 4.71. The first-order chi connectivity index (χ1) is 9.96. The normalized spacial score (nSPS) is 13.1. The van der Waals surface area contributed by atoms with Gasteiger partial charge in [0.2, 0.25) is 5.76 Å². The quantitative estimate of drug-likeness (QED) is 0.375. The molecule has 4 nitrogen and oxygen atoms in total.